The Morgan fingerprint density at radius 1 is 1.45 bits per heavy atom. The van der Waals surface area contributed by atoms with E-state index < -0.39 is 10.5 Å². The third kappa shape index (κ3) is 4.42. The van der Waals surface area contributed by atoms with Gasteiger partial charge in [-0.05, 0) is 25.3 Å². The lowest BCUT2D eigenvalue weighted by Gasteiger charge is -2.33. The predicted octanol–water partition coefficient (Wildman–Crippen LogP) is 2.68. The highest BCUT2D eigenvalue weighted by molar-refractivity contribution is 5.95. The summed E-state index contributed by atoms with van der Waals surface area (Å²) in [6, 6.07) is 4.56. The van der Waals surface area contributed by atoms with Gasteiger partial charge in [-0.2, -0.15) is 0 Å². The summed E-state index contributed by atoms with van der Waals surface area (Å²) >= 11 is 0. The van der Waals surface area contributed by atoms with Crippen LogP contribution in [0.4, 0.5) is 5.69 Å². The Kier molecular flexibility index (Phi) is 7.49. The van der Waals surface area contributed by atoms with Crippen molar-refractivity contribution in [2.45, 2.75) is 39.7 Å². The van der Waals surface area contributed by atoms with E-state index in [1.54, 1.807) is 12.1 Å². The van der Waals surface area contributed by atoms with Crippen LogP contribution in [-0.2, 0) is 6.42 Å². The van der Waals surface area contributed by atoms with Crippen LogP contribution in [0.1, 0.15) is 43.6 Å². The minimum Gasteiger partial charge on any atom is -0.345 e. The van der Waals surface area contributed by atoms with Crippen molar-refractivity contribution in [2.75, 3.05) is 6.54 Å². The molecule has 1 unspecified atom stereocenters. The number of aryl methyl sites for hydroxylation is 1. The van der Waals surface area contributed by atoms with Crippen LogP contribution in [0.5, 0.6) is 0 Å². The van der Waals surface area contributed by atoms with Crippen molar-refractivity contribution in [3.63, 3.8) is 0 Å². The molecule has 1 aromatic rings. The number of carbonyl (C=O) groups is 1. The summed E-state index contributed by atoms with van der Waals surface area (Å²) in [4.78, 5) is 22.9. The molecular formula is C15H24ClN3O3. The van der Waals surface area contributed by atoms with Crippen molar-refractivity contribution < 1.29 is 9.72 Å². The zero-order chi connectivity index (χ0) is 16.2. The smallest absolute Gasteiger partial charge is 0.273 e. The van der Waals surface area contributed by atoms with Gasteiger partial charge in [0.15, 0.2) is 0 Å². The SMILES string of the molecule is CCc1ccc(C(=O)NC(C)(CN)C(C)C)cc1[N+](=O)[O-].Cl. The first kappa shape index (κ1) is 20.3. The molecule has 0 radical (unpaired) electrons. The molecule has 0 aliphatic heterocycles. The number of nitrogens with two attached hydrogens (primary N) is 1. The Labute approximate surface area is 137 Å². The third-order valence-corrected chi connectivity index (χ3v) is 4.02. The molecule has 1 rings (SSSR count). The molecule has 0 heterocycles. The van der Waals surface area contributed by atoms with Crippen LogP contribution in [0.2, 0.25) is 0 Å². The van der Waals surface area contributed by atoms with Gasteiger partial charge >= 0.3 is 0 Å². The highest BCUT2D eigenvalue weighted by Crippen LogP contribution is 2.22. The number of nitrogens with zero attached hydrogens (tertiary/aromatic N) is 1. The molecule has 6 nitrogen and oxygen atoms in total. The van der Waals surface area contributed by atoms with E-state index in [4.69, 9.17) is 5.73 Å². The average Bonchev–Trinajstić information content (AvgIpc) is 2.45. The second-order valence-corrected chi connectivity index (χ2v) is 5.68. The number of benzene rings is 1. The molecule has 1 atom stereocenters. The van der Waals surface area contributed by atoms with E-state index in [0.29, 0.717) is 18.5 Å². The molecule has 0 saturated carbocycles. The Morgan fingerprint density at radius 3 is 2.45 bits per heavy atom. The third-order valence-electron chi connectivity index (χ3n) is 4.02. The van der Waals surface area contributed by atoms with Crippen LogP contribution in [-0.4, -0.2) is 22.9 Å². The van der Waals surface area contributed by atoms with Gasteiger partial charge in [0.25, 0.3) is 11.6 Å². The van der Waals surface area contributed by atoms with Crippen molar-refractivity contribution in [1.82, 2.24) is 5.32 Å². The maximum Gasteiger partial charge on any atom is 0.273 e. The van der Waals surface area contributed by atoms with Crippen LogP contribution in [0.15, 0.2) is 18.2 Å². The van der Waals surface area contributed by atoms with E-state index in [-0.39, 0.29) is 35.5 Å². The first-order chi connectivity index (χ1) is 9.75. The molecule has 0 fully saturated rings. The second kappa shape index (κ2) is 8.10. The standard InChI is InChI=1S/C15H23N3O3.ClH/c1-5-11-6-7-12(8-13(11)18(20)21)14(19)17-15(4,9-16)10(2)3;/h6-8,10H,5,9,16H2,1-4H3,(H,17,19);1H. The first-order valence-corrected chi connectivity index (χ1v) is 7.05. The van der Waals surface area contributed by atoms with Crippen molar-refractivity contribution in [2.24, 2.45) is 11.7 Å². The summed E-state index contributed by atoms with van der Waals surface area (Å²) < 4.78 is 0. The molecule has 0 spiro atoms. The van der Waals surface area contributed by atoms with Gasteiger partial charge in [-0.15, -0.1) is 12.4 Å². The number of nitro benzene ring substituents is 1. The quantitative estimate of drug-likeness (QED) is 0.619. The highest BCUT2D eigenvalue weighted by Gasteiger charge is 2.29. The topological polar surface area (TPSA) is 98.3 Å². The van der Waals surface area contributed by atoms with Gasteiger partial charge in [-0.25, -0.2) is 0 Å². The van der Waals surface area contributed by atoms with E-state index in [1.807, 2.05) is 27.7 Å². The summed E-state index contributed by atoms with van der Waals surface area (Å²) in [5.41, 5.74) is 6.05. The predicted molar refractivity (Wildman–Crippen MR) is 89.5 cm³/mol. The maximum atomic E-state index is 12.3. The lowest BCUT2D eigenvalue weighted by Crippen LogP contribution is -2.55. The van der Waals surface area contributed by atoms with Crippen LogP contribution >= 0.6 is 12.4 Å². The van der Waals surface area contributed by atoms with Crippen LogP contribution in [0.3, 0.4) is 0 Å². The van der Waals surface area contributed by atoms with Gasteiger partial charge < -0.3 is 11.1 Å². The van der Waals surface area contributed by atoms with E-state index in [2.05, 4.69) is 5.32 Å². The van der Waals surface area contributed by atoms with Gasteiger partial charge in [0, 0.05) is 23.7 Å². The molecule has 124 valence electrons. The van der Waals surface area contributed by atoms with E-state index in [1.165, 1.54) is 6.07 Å². The summed E-state index contributed by atoms with van der Waals surface area (Å²) in [6.45, 7) is 7.94. The molecule has 0 aromatic heterocycles. The average molecular weight is 330 g/mol. The van der Waals surface area contributed by atoms with Gasteiger partial charge in [0.2, 0.25) is 0 Å². The molecule has 3 N–H and O–H groups in total. The molecule has 0 saturated heterocycles. The van der Waals surface area contributed by atoms with Crippen molar-refractivity contribution >= 4 is 24.0 Å². The maximum absolute atomic E-state index is 12.3. The van der Waals surface area contributed by atoms with Crippen LogP contribution in [0.25, 0.3) is 0 Å². The van der Waals surface area contributed by atoms with Gasteiger partial charge in [-0.1, -0.05) is 26.8 Å². The number of nitro groups is 1. The molecular weight excluding hydrogens is 306 g/mol. The molecule has 1 amide bonds. The lowest BCUT2D eigenvalue weighted by molar-refractivity contribution is -0.385. The van der Waals surface area contributed by atoms with Gasteiger partial charge in [0.1, 0.15) is 0 Å². The summed E-state index contributed by atoms with van der Waals surface area (Å²) in [5, 5.41) is 13.9. The van der Waals surface area contributed by atoms with E-state index in [0.717, 1.165) is 0 Å². The molecule has 7 heteroatoms. The Hall–Kier alpha value is -1.66. The zero-order valence-electron chi connectivity index (χ0n) is 13.4. The Morgan fingerprint density at radius 2 is 2.05 bits per heavy atom. The molecule has 1 aromatic carbocycles. The number of hydrogen-bond donors (Lipinski definition) is 2. The zero-order valence-corrected chi connectivity index (χ0v) is 14.2. The van der Waals surface area contributed by atoms with Crippen molar-refractivity contribution in [3.8, 4) is 0 Å². The normalized spacial score (nSPS) is 13.2. The lowest BCUT2D eigenvalue weighted by atomic mass is 9.88. The minimum atomic E-state index is -0.546. The van der Waals surface area contributed by atoms with Crippen LogP contribution < -0.4 is 11.1 Å². The molecule has 0 bridgehead atoms. The largest absolute Gasteiger partial charge is 0.345 e. The number of hydrogen-bond acceptors (Lipinski definition) is 4. The summed E-state index contributed by atoms with van der Waals surface area (Å²) in [7, 11) is 0. The van der Waals surface area contributed by atoms with Crippen molar-refractivity contribution in [1.29, 1.82) is 0 Å². The number of halogens is 1. The molecule has 0 aliphatic rings. The van der Waals surface area contributed by atoms with Gasteiger partial charge in [0.05, 0.1) is 10.5 Å². The van der Waals surface area contributed by atoms with E-state index in [9.17, 15) is 14.9 Å². The minimum absolute atomic E-state index is 0. The van der Waals surface area contributed by atoms with Gasteiger partial charge in [-0.3, -0.25) is 14.9 Å². The number of amides is 1. The fraction of sp³-hybridized carbons (Fsp3) is 0.533. The van der Waals surface area contributed by atoms with E-state index >= 15 is 0 Å². The molecule has 0 aliphatic carbocycles. The number of nitrogens with one attached hydrogen (secondary N) is 1. The fourth-order valence-electron chi connectivity index (χ4n) is 1.94. The highest BCUT2D eigenvalue weighted by atomic mass is 35.5. The van der Waals surface area contributed by atoms with Crippen molar-refractivity contribution in [3.05, 3.63) is 39.4 Å². The number of carbonyl (C=O) groups excluding carboxylic acids is 1. The first-order valence-electron chi connectivity index (χ1n) is 7.05. The monoisotopic (exact) mass is 329 g/mol. The van der Waals surface area contributed by atoms with Crippen LogP contribution in [0, 0.1) is 16.0 Å². The second-order valence-electron chi connectivity index (χ2n) is 5.68. The Balaban J connectivity index is 0.00000441. The molecule has 22 heavy (non-hydrogen) atoms. The summed E-state index contributed by atoms with van der Waals surface area (Å²) in [5.74, 6) is -0.196. The number of rotatable bonds is 6. The fourth-order valence-corrected chi connectivity index (χ4v) is 1.94. The Bertz CT molecular complexity index is 549. The summed E-state index contributed by atoms with van der Waals surface area (Å²) in [6.07, 6.45) is 0.546.